The molecule has 0 atom stereocenters. The zero-order valence-corrected chi connectivity index (χ0v) is 5.22. The number of hydroxylamine groups is 2. The highest BCUT2D eigenvalue weighted by molar-refractivity contribution is 4.71. The maximum Gasteiger partial charge on any atom is 0.111 e. The molecule has 0 rings (SSSR count). The molecule has 0 aromatic heterocycles. The van der Waals surface area contributed by atoms with Gasteiger partial charge in [-0.05, 0) is 0 Å². The van der Waals surface area contributed by atoms with Crippen molar-refractivity contribution in [3.8, 4) is 6.07 Å². The zero-order chi connectivity index (χ0) is 6.41. The summed E-state index contributed by atoms with van der Waals surface area (Å²) in [6, 6.07) is 1.97. The lowest BCUT2D eigenvalue weighted by Gasteiger charge is -2.11. The van der Waals surface area contributed by atoms with Gasteiger partial charge in [0.25, 0.3) is 0 Å². The first-order valence-electron chi connectivity index (χ1n) is 2.51. The molecule has 0 aromatic rings. The lowest BCUT2D eigenvalue weighted by atomic mass is 10.6. The average molecular weight is 114 g/mol. The minimum atomic E-state index is 0.340. The van der Waals surface area contributed by atoms with Crippen LogP contribution >= 0.6 is 0 Å². The molecule has 3 heteroatoms. The van der Waals surface area contributed by atoms with Gasteiger partial charge in [-0.1, -0.05) is 6.92 Å². The van der Waals surface area contributed by atoms with Crippen molar-refractivity contribution in [3.05, 3.63) is 0 Å². The van der Waals surface area contributed by atoms with Gasteiger partial charge in [0.2, 0.25) is 0 Å². The summed E-state index contributed by atoms with van der Waals surface area (Å²) in [5, 5.41) is 9.70. The Hall–Kier alpha value is -0.590. The van der Waals surface area contributed by atoms with Gasteiger partial charge in [-0.2, -0.15) is 10.3 Å². The molecule has 0 aliphatic heterocycles. The molecular formula is C5H10N2O. The van der Waals surface area contributed by atoms with Crippen LogP contribution in [0.4, 0.5) is 0 Å². The van der Waals surface area contributed by atoms with Crippen LogP contribution in [-0.4, -0.2) is 25.3 Å². The first-order valence-corrected chi connectivity index (χ1v) is 2.51. The Morgan fingerprint density at radius 1 is 1.75 bits per heavy atom. The van der Waals surface area contributed by atoms with E-state index in [-0.39, 0.29) is 0 Å². The second kappa shape index (κ2) is 4.57. The van der Waals surface area contributed by atoms with E-state index in [0.717, 1.165) is 6.54 Å². The average Bonchev–Trinajstić information content (AvgIpc) is 1.83. The highest BCUT2D eigenvalue weighted by Gasteiger charge is 1.94. The Balaban J connectivity index is 3.25. The topological polar surface area (TPSA) is 36.3 Å². The van der Waals surface area contributed by atoms with E-state index in [9.17, 15) is 0 Å². The summed E-state index contributed by atoms with van der Waals surface area (Å²) in [6.45, 7) is 3.03. The van der Waals surface area contributed by atoms with E-state index in [0.29, 0.717) is 6.54 Å². The van der Waals surface area contributed by atoms with Gasteiger partial charge >= 0.3 is 0 Å². The number of hydrogen-bond acceptors (Lipinski definition) is 3. The Bertz CT molecular complexity index is 82.9. The third-order valence-corrected chi connectivity index (χ3v) is 0.858. The summed E-state index contributed by atoms with van der Waals surface area (Å²) < 4.78 is 0. The van der Waals surface area contributed by atoms with Gasteiger partial charge in [0, 0.05) is 6.54 Å². The smallest absolute Gasteiger partial charge is 0.111 e. The van der Waals surface area contributed by atoms with Crippen molar-refractivity contribution >= 4 is 0 Å². The fraction of sp³-hybridized carbons (Fsp3) is 0.800. The maximum atomic E-state index is 8.13. The number of nitrogens with zero attached hydrogens (tertiary/aromatic N) is 2. The molecule has 0 aliphatic rings. The number of rotatable bonds is 3. The molecule has 0 saturated heterocycles. The van der Waals surface area contributed by atoms with Gasteiger partial charge in [0.05, 0.1) is 13.2 Å². The van der Waals surface area contributed by atoms with E-state index >= 15 is 0 Å². The van der Waals surface area contributed by atoms with Crippen molar-refractivity contribution in [2.75, 3.05) is 20.2 Å². The molecule has 0 heterocycles. The fourth-order valence-corrected chi connectivity index (χ4v) is 0.384. The predicted molar refractivity (Wildman–Crippen MR) is 29.9 cm³/mol. The van der Waals surface area contributed by atoms with Crippen LogP contribution in [0.2, 0.25) is 0 Å². The fourth-order valence-electron chi connectivity index (χ4n) is 0.384. The van der Waals surface area contributed by atoms with Gasteiger partial charge in [-0.3, -0.25) is 0 Å². The van der Waals surface area contributed by atoms with E-state index in [1.807, 2.05) is 13.0 Å². The first kappa shape index (κ1) is 7.41. The Kier molecular flexibility index (Phi) is 4.23. The molecule has 0 bridgehead atoms. The van der Waals surface area contributed by atoms with E-state index in [1.54, 1.807) is 12.2 Å². The van der Waals surface area contributed by atoms with Gasteiger partial charge in [-0.25, -0.2) is 0 Å². The van der Waals surface area contributed by atoms with E-state index in [4.69, 9.17) is 10.1 Å². The Labute approximate surface area is 49.4 Å². The van der Waals surface area contributed by atoms with Crippen LogP contribution in [-0.2, 0) is 4.84 Å². The largest absolute Gasteiger partial charge is 0.301 e. The predicted octanol–water partition coefficient (Wildman–Crippen LogP) is 0.393. The van der Waals surface area contributed by atoms with Crippen molar-refractivity contribution in [3.63, 3.8) is 0 Å². The molecule has 0 unspecified atom stereocenters. The van der Waals surface area contributed by atoms with Crippen LogP contribution in [0.3, 0.4) is 0 Å². The van der Waals surface area contributed by atoms with Crippen LogP contribution in [0.5, 0.6) is 0 Å². The van der Waals surface area contributed by atoms with Gasteiger partial charge in [0.15, 0.2) is 0 Å². The van der Waals surface area contributed by atoms with E-state index in [2.05, 4.69) is 0 Å². The summed E-state index contributed by atoms with van der Waals surface area (Å²) in [4.78, 5) is 4.75. The molecule has 0 radical (unpaired) electrons. The second-order valence-electron chi connectivity index (χ2n) is 1.30. The van der Waals surface area contributed by atoms with Gasteiger partial charge in [0.1, 0.15) is 6.54 Å². The summed E-state index contributed by atoms with van der Waals surface area (Å²) >= 11 is 0. The Morgan fingerprint density at radius 3 is 2.50 bits per heavy atom. The highest BCUT2D eigenvalue weighted by atomic mass is 16.7. The minimum Gasteiger partial charge on any atom is -0.301 e. The summed E-state index contributed by atoms with van der Waals surface area (Å²) in [6.07, 6.45) is 0. The molecule has 0 aromatic carbocycles. The molecule has 0 aliphatic carbocycles. The molecule has 0 fully saturated rings. The summed E-state index contributed by atoms with van der Waals surface area (Å²) in [5.41, 5.74) is 0. The molecule has 46 valence electrons. The summed E-state index contributed by atoms with van der Waals surface area (Å²) in [7, 11) is 1.56. The molecule has 3 nitrogen and oxygen atoms in total. The minimum absolute atomic E-state index is 0.340. The van der Waals surface area contributed by atoms with Crippen LogP contribution in [0.15, 0.2) is 0 Å². The Morgan fingerprint density at radius 2 is 2.38 bits per heavy atom. The van der Waals surface area contributed by atoms with Crippen molar-refractivity contribution < 1.29 is 4.84 Å². The van der Waals surface area contributed by atoms with Gasteiger partial charge < -0.3 is 4.84 Å². The lowest BCUT2D eigenvalue weighted by Crippen LogP contribution is -2.21. The van der Waals surface area contributed by atoms with Crippen molar-refractivity contribution in [2.24, 2.45) is 0 Å². The van der Waals surface area contributed by atoms with Crippen LogP contribution in [0.25, 0.3) is 0 Å². The third kappa shape index (κ3) is 2.56. The standard InChI is InChI=1S/C5H10N2O/c1-3-7(8-2)5-4-6/h3,5H2,1-2H3. The number of hydrogen-bond donors (Lipinski definition) is 0. The summed E-state index contributed by atoms with van der Waals surface area (Å²) in [5.74, 6) is 0. The molecule has 0 saturated carbocycles. The maximum absolute atomic E-state index is 8.13. The lowest BCUT2D eigenvalue weighted by molar-refractivity contribution is -0.116. The van der Waals surface area contributed by atoms with E-state index < -0.39 is 0 Å². The van der Waals surface area contributed by atoms with Crippen LogP contribution in [0, 0.1) is 11.3 Å². The molecule has 0 spiro atoms. The molecule has 8 heavy (non-hydrogen) atoms. The zero-order valence-electron chi connectivity index (χ0n) is 5.22. The van der Waals surface area contributed by atoms with Crippen molar-refractivity contribution in [1.29, 1.82) is 5.26 Å². The molecular weight excluding hydrogens is 104 g/mol. The van der Waals surface area contributed by atoms with Crippen LogP contribution in [0.1, 0.15) is 6.92 Å². The molecule has 0 N–H and O–H groups in total. The monoisotopic (exact) mass is 114 g/mol. The third-order valence-electron chi connectivity index (χ3n) is 0.858. The first-order chi connectivity index (χ1) is 3.85. The van der Waals surface area contributed by atoms with Crippen LogP contribution < -0.4 is 0 Å². The van der Waals surface area contributed by atoms with E-state index in [1.165, 1.54) is 0 Å². The second-order valence-corrected chi connectivity index (χ2v) is 1.30. The normalized spacial score (nSPS) is 9.25. The molecule has 0 amide bonds. The quantitative estimate of drug-likeness (QED) is 0.393. The SMILES string of the molecule is CCN(CC#N)OC. The number of nitriles is 1. The highest BCUT2D eigenvalue weighted by Crippen LogP contribution is 1.82. The van der Waals surface area contributed by atoms with Crippen molar-refractivity contribution in [2.45, 2.75) is 6.92 Å². The van der Waals surface area contributed by atoms with Gasteiger partial charge in [-0.15, -0.1) is 0 Å². The van der Waals surface area contributed by atoms with Crippen molar-refractivity contribution in [1.82, 2.24) is 5.06 Å².